The van der Waals surface area contributed by atoms with Crippen molar-refractivity contribution < 1.29 is 28.9 Å². The summed E-state index contributed by atoms with van der Waals surface area (Å²) in [5.41, 5.74) is 0. The lowest BCUT2D eigenvalue weighted by Crippen LogP contribution is -2.13. The number of aliphatic carboxylic acids is 1. The van der Waals surface area contributed by atoms with Crippen LogP contribution < -0.4 is 0 Å². The van der Waals surface area contributed by atoms with Crippen LogP contribution in [0.4, 0.5) is 0 Å². The lowest BCUT2D eigenvalue weighted by molar-refractivity contribution is -0.148. The van der Waals surface area contributed by atoms with Gasteiger partial charge in [-0.1, -0.05) is 6.58 Å². The number of carbonyl (C=O) groups is 2. The number of ether oxygens (including phenoxy) is 3. The van der Waals surface area contributed by atoms with Gasteiger partial charge in [-0.2, -0.15) is 0 Å². The van der Waals surface area contributed by atoms with E-state index >= 15 is 0 Å². The zero-order valence-electron chi connectivity index (χ0n) is 9.02. The Bertz CT molecular complexity index is 225. The molecule has 16 heavy (non-hydrogen) atoms. The molecule has 6 heteroatoms. The summed E-state index contributed by atoms with van der Waals surface area (Å²) in [6, 6.07) is 0. The number of carboxylic acids is 1. The lowest BCUT2D eigenvalue weighted by Gasteiger charge is -2.05. The van der Waals surface area contributed by atoms with Crippen LogP contribution in [0, 0.1) is 0 Å². The van der Waals surface area contributed by atoms with Crippen molar-refractivity contribution in [3.05, 3.63) is 12.8 Å². The molecule has 92 valence electrons. The Hall–Kier alpha value is -1.56. The predicted molar refractivity (Wildman–Crippen MR) is 54.8 cm³/mol. The first kappa shape index (κ1) is 14.4. The van der Waals surface area contributed by atoms with Gasteiger partial charge in [0.1, 0.15) is 13.2 Å². The van der Waals surface area contributed by atoms with Gasteiger partial charge in [0.25, 0.3) is 0 Å². The summed E-state index contributed by atoms with van der Waals surface area (Å²) in [6.45, 7) is 4.53. The zero-order chi connectivity index (χ0) is 12.2. The van der Waals surface area contributed by atoms with Gasteiger partial charge < -0.3 is 19.3 Å². The van der Waals surface area contributed by atoms with E-state index in [1.165, 1.54) is 6.26 Å². The van der Waals surface area contributed by atoms with Crippen LogP contribution in [0.5, 0.6) is 0 Å². The van der Waals surface area contributed by atoms with Crippen LogP contribution in [-0.2, 0) is 23.8 Å². The fraction of sp³-hybridized carbons (Fsp3) is 0.600. The predicted octanol–water partition coefficient (Wildman–Crippen LogP) is 0.571. The highest BCUT2D eigenvalue weighted by atomic mass is 16.6. The number of carbonyl (C=O) groups excluding carboxylic acids is 1. The van der Waals surface area contributed by atoms with Crippen molar-refractivity contribution in [3.8, 4) is 0 Å². The summed E-state index contributed by atoms with van der Waals surface area (Å²) in [6.07, 6.45) is 0.983. The molecule has 0 saturated carbocycles. The molecule has 0 aromatic heterocycles. The molecule has 0 heterocycles. The largest absolute Gasteiger partial charge is 0.499 e. The highest BCUT2D eigenvalue weighted by Gasteiger charge is 2.05. The minimum Gasteiger partial charge on any atom is -0.499 e. The minimum absolute atomic E-state index is 0.116. The fourth-order valence-corrected chi connectivity index (χ4v) is 0.788. The van der Waals surface area contributed by atoms with E-state index in [2.05, 4.69) is 6.58 Å². The molecule has 0 atom stereocenters. The highest BCUT2D eigenvalue weighted by molar-refractivity contribution is 5.76. The standard InChI is InChI=1S/C10H16O6/c1-2-14-5-6-15-7-8-16-10(13)4-3-9(11)12/h2H,1,3-8H2,(H,11,12). The van der Waals surface area contributed by atoms with E-state index in [0.717, 1.165) is 0 Å². The number of hydrogen-bond acceptors (Lipinski definition) is 5. The highest BCUT2D eigenvalue weighted by Crippen LogP contribution is 1.92. The van der Waals surface area contributed by atoms with Gasteiger partial charge >= 0.3 is 11.9 Å². The van der Waals surface area contributed by atoms with Crippen molar-refractivity contribution in [2.24, 2.45) is 0 Å². The maximum Gasteiger partial charge on any atom is 0.306 e. The summed E-state index contributed by atoms with van der Waals surface area (Å²) >= 11 is 0. The van der Waals surface area contributed by atoms with Crippen LogP contribution in [0.15, 0.2) is 12.8 Å². The lowest BCUT2D eigenvalue weighted by atomic mass is 10.3. The molecule has 0 saturated heterocycles. The molecule has 0 aromatic carbocycles. The average molecular weight is 232 g/mol. The summed E-state index contributed by atoms with van der Waals surface area (Å²) in [7, 11) is 0. The van der Waals surface area contributed by atoms with Crippen LogP contribution in [0.25, 0.3) is 0 Å². The molecule has 0 bridgehead atoms. The van der Waals surface area contributed by atoms with Gasteiger partial charge in [-0.05, 0) is 0 Å². The van der Waals surface area contributed by atoms with Crippen LogP contribution in [-0.4, -0.2) is 43.5 Å². The number of carboxylic acid groups (broad SMARTS) is 1. The third-order valence-electron chi connectivity index (χ3n) is 1.50. The fourth-order valence-electron chi connectivity index (χ4n) is 0.788. The summed E-state index contributed by atoms with van der Waals surface area (Å²) in [4.78, 5) is 21.0. The van der Waals surface area contributed by atoms with Crippen LogP contribution in [0.2, 0.25) is 0 Å². The van der Waals surface area contributed by atoms with Crippen LogP contribution in [0.3, 0.4) is 0 Å². The van der Waals surface area contributed by atoms with E-state index in [4.69, 9.17) is 19.3 Å². The molecule has 0 aliphatic carbocycles. The molecule has 0 spiro atoms. The Labute approximate surface area is 93.8 Å². The normalized spacial score (nSPS) is 9.50. The zero-order valence-corrected chi connectivity index (χ0v) is 9.02. The van der Waals surface area contributed by atoms with Gasteiger partial charge in [0.15, 0.2) is 0 Å². The minimum atomic E-state index is -1.02. The number of hydrogen-bond donors (Lipinski definition) is 1. The van der Waals surface area contributed by atoms with Crippen molar-refractivity contribution in [3.63, 3.8) is 0 Å². The van der Waals surface area contributed by atoms with Crippen molar-refractivity contribution in [2.45, 2.75) is 12.8 Å². The van der Waals surface area contributed by atoms with E-state index in [-0.39, 0.29) is 26.1 Å². The van der Waals surface area contributed by atoms with Gasteiger partial charge in [0, 0.05) is 0 Å². The summed E-state index contributed by atoms with van der Waals surface area (Å²) < 4.78 is 14.5. The average Bonchev–Trinajstić information content (AvgIpc) is 2.25. The maximum atomic E-state index is 10.9. The second-order valence-electron chi connectivity index (χ2n) is 2.76. The van der Waals surface area contributed by atoms with Gasteiger partial charge in [0.2, 0.25) is 0 Å². The third kappa shape index (κ3) is 10.5. The number of rotatable bonds is 10. The Balaban J connectivity index is 3.21. The summed E-state index contributed by atoms with van der Waals surface area (Å²) in [5.74, 6) is -1.55. The topological polar surface area (TPSA) is 82.1 Å². The van der Waals surface area contributed by atoms with Crippen molar-refractivity contribution >= 4 is 11.9 Å². The molecule has 0 aliphatic rings. The second-order valence-corrected chi connectivity index (χ2v) is 2.76. The van der Waals surface area contributed by atoms with E-state index in [1.807, 2.05) is 0 Å². The molecule has 0 aliphatic heterocycles. The first-order valence-corrected chi connectivity index (χ1v) is 4.84. The van der Waals surface area contributed by atoms with Crippen molar-refractivity contribution in [2.75, 3.05) is 26.4 Å². The molecule has 0 fully saturated rings. The number of esters is 1. The Morgan fingerprint density at radius 1 is 1.12 bits per heavy atom. The van der Waals surface area contributed by atoms with Gasteiger partial charge in [-0.25, -0.2) is 0 Å². The molecule has 6 nitrogen and oxygen atoms in total. The van der Waals surface area contributed by atoms with E-state index in [1.54, 1.807) is 0 Å². The van der Waals surface area contributed by atoms with Crippen LogP contribution in [0.1, 0.15) is 12.8 Å². The molecule has 1 N–H and O–H groups in total. The van der Waals surface area contributed by atoms with Crippen molar-refractivity contribution in [1.29, 1.82) is 0 Å². The van der Waals surface area contributed by atoms with Gasteiger partial charge in [0.05, 0.1) is 32.3 Å². The third-order valence-corrected chi connectivity index (χ3v) is 1.50. The molecule has 0 rings (SSSR count). The quantitative estimate of drug-likeness (QED) is 0.337. The SMILES string of the molecule is C=COCCOCCOC(=O)CCC(=O)O. The van der Waals surface area contributed by atoms with Crippen LogP contribution >= 0.6 is 0 Å². The summed E-state index contributed by atoms with van der Waals surface area (Å²) in [5, 5.41) is 8.30. The molecule has 0 radical (unpaired) electrons. The first-order chi connectivity index (χ1) is 7.66. The first-order valence-electron chi connectivity index (χ1n) is 4.84. The van der Waals surface area contributed by atoms with E-state index < -0.39 is 11.9 Å². The van der Waals surface area contributed by atoms with Crippen molar-refractivity contribution in [1.82, 2.24) is 0 Å². The smallest absolute Gasteiger partial charge is 0.306 e. The molecular weight excluding hydrogens is 216 g/mol. The Kier molecular flexibility index (Phi) is 9.00. The molecule has 0 unspecified atom stereocenters. The molecular formula is C10H16O6. The Morgan fingerprint density at radius 3 is 2.44 bits per heavy atom. The maximum absolute atomic E-state index is 10.9. The molecule has 0 amide bonds. The Morgan fingerprint density at radius 2 is 1.81 bits per heavy atom. The van der Waals surface area contributed by atoms with E-state index in [0.29, 0.717) is 13.2 Å². The van der Waals surface area contributed by atoms with Gasteiger partial charge in [-0.15, -0.1) is 0 Å². The van der Waals surface area contributed by atoms with Gasteiger partial charge in [-0.3, -0.25) is 9.59 Å². The monoisotopic (exact) mass is 232 g/mol. The van der Waals surface area contributed by atoms with E-state index in [9.17, 15) is 9.59 Å². The molecule has 0 aromatic rings. The second kappa shape index (κ2) is 9.97.